The van der Waals surface area contributed by atoms with E-state index < -0.39 is 10.1 Å². The number of benzene rings is 1. The van der Waals surface area contributed by atoms with Crippen LogP contribution in [0.5, 0.6) is 0 Å². The van der Waals surface area contributed by atoms with E-state index >= 15 is 0 Å². The summed E-state index contributed by atoms with van der Waals surface area (Å²) in [5.41, 5.74) is 6.87. The topological polar surface area (TPSA) is 69.4 Å². The maximum atomic E-state index is 11.2. The van der Waals surface area contributed by atoms with Crippen LogP contribution in [0.15, 0.2) is 41.8 Å². The molecule has 1 aromatic rings. The molecule has 0 aliphatic carbocycles. The van der Waals surface area contributed by atoms with Crippen molar-refractivity contribution in [3.05, 3.63) is 47.4 Å². The molecular formula is C12H17NO3S. The number of hydrogen-bond acceptors (Lipinski definition) is 4. The van der Waals surface area contributed by atoms with Crippen LogP contribution in [-0.2, 0) is 20.7 Å². The molecule has 0 radical (unpaired) electrons. The molecule has 17 heavy (non-hydrogen) atoms. The second kappa shape index (κ2) is 6.54. The van der Waals surface area contributed by atoms with Gasteiger partial charge in [-0.05, 0) is 18.9 Å². The number of rotatable bonds is 6. The first-order valence-corrected chi connectivity index (χ1v) is 6.88. The zero-order valence-corrected chi connectivity index (χ0v) is 10.6. The van der Waals surface area contributed by atoms with E-state index in [0.717, 1.165) is 11.0 Å². The summed E-state index contributed by atoms with van der Waals surface area (Å²) in [5, 5.41) is 1.02. The molecule has 0 bridgehead atoms. The highest BCUT2D eigenvalue weighted by atomic mass is 32.2. The predicted molar refractivity (Wildman–Crippen MR) is 67.8 cm³/mol. The molecule has 1 atom stereocenters. The molecule has 0 aliphatic heterocycles. The van der Waals surface area contributed by atoms with Gasteiger partial charge in [-0.25, -0.2) is 0 Å². The van der Waals surface area contributed by atoms with Gasteiger partial charge in [0, 0.05) is 6.04 Å². The SMILES string of the molecule is CCOS(=O)(=O)/C=C/[C@@H](N)Cc1ccccc1. The van der Waals surface area contributed by atoms with Crippen molar-refractivity contribution in [3.63, 3.8) is 0 Å². The van der Waals surface area contributed by atoms with E-state index in [-0.39, 0.29) is 12.6 Å². The van der Waals surface area contributed by atoms with Crippen molar-refractivity contribution in [1.82, 2.24) is 0 Å². The fraction of sp³-hybridized carbons (Fsp3) is 0.333. The summed E-state index contributed by atoms with van der Waals surface area (Å²) >= 11 is 0. The zero-order valence-electron chi connectivity index (χ0n) is 9.74. The highest BCUT2D eigenvalue weighted by molar-refractivity contribution is 7.89. The molecule has 0 heterocycles. The molecule has 0 aromatic heterocycles. The largest absolute Gasteiger partial charge is 0.324 e. The highest BCUT2D eigenvalue weighted by Crippen LogP contribution is 2.04. The fourth-order valence-corrected chi connectivity index (χ4v) is 2.16. The third-order valence-corrected chi connectivity index (χ3v) is 3.14. The van der Waals surface area contributed by atoms with Crippen molar-refractivity contribution in [3.8, 4) is 0 Å². The third-order valence-electron chi connectivity index (χ3n) is 2.09. The molecule has 5 heteroatoms. The molecule has 0 fully saturated rings. The molecule has 94 valence electrons. The van der Waals surface area contributed by atoms with E-state index in [2.05, 4.69) is 4.18 Å². The van der Waals surface area contributed by atoms with Gasteiger partial charge in [0.05, 0.1) is 12.0 Å². The van der Waals surface area contributed by atoms with Crippen molar-refractivity contribution >= 4 is 10.1 Å². The summed E-state index contributed by atoms with van der Waals surface area (Å²) in [6.45, 7) is 1.75. The molecule has 2 N–H and O–H groups in total. The molecule has 0 saturated carbocycles. The van der Waals surface area contributed by atoms with Crippen LogP contribution in [0, 0.1) is 0 Å². The van der Waals surface area contributed by atoms with Crippen molar-refractivity contribution in [1.29, 1.82) is 0 Å². The molecular weight excluding hydrogens is 238 g/mol. The normalized spacial score (nSPS) is 14.0. The van der Waals surface area contributed by atoms with Gasteiger partial charge in [-0.1, -0.05) is 36.4 Å². The quantitative estimate of drug-likeness (QED) is 0.781. The lowest BCUT2D eigenvalue weighted by atomic mass is 10.1. The average Bonchev–Trinajstić information content (AvgIpc) is 2.28. The summed E-state index contributed by atoms with van der Waals surface area (Å²) in [7, 11) is -3.58. The maximum absolute atomic E-state index is 11.2. The first-order chi connectivity index (χ1) is 8.03. The molecule has 0 amide bonds. The molecule has 0 aliphatic rings. The summed E-state index contributed by atoms with van der Waals surface area (Å²) in [6.07, 6.45) is 2.04. The van der Waals surface area contributed by atoms with E-state index in [1.54, 1.807) is 6.92 Å². The summed E-state index contributed by atoms with van der Waals surface area (Å²) in [6, 6.07) is 9.32. The molecule has 0 saturated heterocycles. The Kier molecular flexibility index (Phi) is 5.34. The van der Waals surface area contributed by atoms with Crippen LogP contribution >= 0.6 is 0 Å². The van der Waals surface area contributed by atoms with Crippen LogP contribution in [0.25, 0.3) is 0 Å². The van der Waals surface area contributed by atoms with Gasteiger partial charge in [0.15, 0.2) is 0 Å². The lowest BCUT2D eigenvalue weighted by molar-refractivity contribution is 0.344. The Bertz CT molecular complexity index is 454. The second-order valence-electron chi connectivity index (χ2n) is 3.58. The molecule has 1 rings (SSSR count). The van der Waals surface area contributed by atoms with E-state index in [1.165, 1.54) is 6.08 Å². The van der Waals surface area contributed by atoms with Crippen molar-refractivity contribution in [2.45, 2.75) is 19.4 Å². The van der Waals surface area contributed by atoms with E-state index in [4.69, 9.17) is 5.73 Å². The average molecular weight is 255 g/mol. The van der Waals surface area contributed by atoms with Crippen LogP contribution in [0.2, 0.25) is 0 Å². The van der Waals surface area contributed by atoms with Gasteiger partial charge < -0.3 is 5.73 Å². The Morgan fingerprint density at radius 1 is 1.35 bits per heavy atom. The Labute approximate surface area is 102 Å². The standard InChI is InChI=1S/C12H17NO3S/c1-2-16-17(14,15)9-8-12(13)10-11-6-4-3-5-7-11/h3-9,12H,2,10,13H2,1H3/b9-8+/t12-/m1/s1. The molecule has 0 unspecified atom stereocenters. The smallest absolute Gasteiger partial charge is 0.289 e. The zero-order chi connectivity index (χ0) is 12.7. The van der Waals surface area contributed by atoms with Gasteiger partial charge in [0.2, 0.25) is 0 Å². The van der Waals surface area contributed by atoms with Crippen molar-refractivity contribution in [2.24, 2.45) is 5.73 Å². The highest BCUT2D eigenvalue weighted by Gasteiger charge is 2.06. The van der Waals surface area contributed by atoms with E-state index in [0.29, 0.717) is 6.42 Å². The lowest BCUT2D eigenvalue weighted by Gasteiger charge is -2.06. The molecule has 4 nitrogen and oxygen atoms in total. The van der Waals surface area contributed by atoms with E-state index in [9.17, 15) is 8.42 Å². The Hall–Kier alpha value is -1.17. The number of hydrogen-bond donors (Lipinski definition) is 1. The van der Waals surface area contributed by atoms with Crippen molar-refractivity contribution in [2.75, 3.05) is 6.61 Å². The monoisotopic (exact) mass is 255 g/mol. The first kappa shape index (κ1) is 13.9. The van der Waals surface area contributed by atoms with Gasteiger partial charge in [0.1, 0.15) is 0 Å². The van der Waals surface area contributed by atoms with Crippen molar-refractivity contribution < 1.29 is 12.6 Å². The fourth-order valence-electron chi connectivity index (χ4n) is 1.35. The van der Waals surface area contributed by atoms with Gasteiger partial charge in [-0.3, -0.25) is 4.18 Å². The Morgan fingerprint density at radius 3 is 2.59 bits per heavy atom. The van der Waals surface area contributed by atoms with Crippen LogP contribution in [0.1, 0.15) is 12.5 Å². The van der Waals surface area contributed by atoms with Gasteiger partial charge in [-0.2, -0.15) is 8.42 Å². The summed E-state index contributed by atoms with van der Waals surface area (Å²) in [4.78, 5) is 0. The molecule has 1 aromatic carbocycles. The minimum absolute atomic E-state index is 0.126. The third kappa shape index (κ3) is 5.63. The van der Waals surface area contributed by atoms with Crippen LogP contribution < -0.4 is 5.73 Å². The summed E-state index contributed by atoms with van der Waals surface area (Å²) < 4.78 is 27.0. The minimum Gasteiger partial charge on any atom is -0.324 e. The molecule has 0 spiro atoms. The lowest BCUT2D eigenvalue weighted by Crippen LogP contribution is -2.20. The van der Waals surface area contributed by atoms with Crippen LogP contribution in [0.4, 0.5) is 0 Å². The van der Waals surface area contributed by atoms with Gasteiger partial charge in [0.25, 0.3) is 10.1 Å². The Morgan fingerprint density at radius 2 is 2.00 bits per heavy atom. The Balaban J connectivity index is 2.56. The van der Waals surface area contributed by atoms with Gasteiger partial charge in [-0.15, -0.1) is 0 Å². The number of nitrogens with two attached hydrogens (primary N) is 1. The predicted octanol–water partition coefficient (Wildman–Crippen LogP) is 1.44. The van der Waals surface area contributed by atoms with Crippen LogP contribution in [-0.4, -0.2) is 21.1 Å². The second-order valence-corrected chi connectivity index (χ2v) is 5.07. The maximum Gasteiger partial charge on any atom is 0.289 e. The van der Waals surface area contributed by atoms with Gasteiger partial charge >= 0.3 is 0 Å². The summed E-state index contributed by atoms with van der Waals surface area (Å²) in [5.74, 6) is 0. The minimum atomic E-state index is -3.58. The van der Waals surface area contributed by atoms with E-state index in [1.807, 2.05) is 30.3 Å². The first-order valence-electron chi connectivity index (χ1n) is 5.40. The van der Waals surface area contributed by atoms with Crippen LogP contribution in [0.3, 0.4) is 0 Å².